The molecule has 2 aromatic heterocycles. The Kier molecular flexibility index (Phi) is 48.6. The third kappa shape index (κ3) is 37.7. The molecule has 3 aromatic rings. The van der Waals surface area contributed by atoms with Gasteiger partial charge >= 0.3 is 0 Å². The SMILES string of the molecule is CCCCCCCCCCCCCCCCCCCCCCCCCCCCCCOc1c2cc(Br)sc2c(OCCCCCCCCCCCCCCCCCCCCCCCCCCCCCC)c2cc(Br)sc12. The molecule has 1 aromatic carbocycles. The lowest BCUT2D eigenvalue weighted by Crippen LogP contribution is -2.00. The van der Waals surface area contributed by atoms with Gasteiger partial charge in [0.05, 0.1) is 30.2 Å². The molecule has 0 atom stereocenters. The van der Waals surface area contributed by atoms with Crippen molar-refractivity contribution in [2.24, 2.45) is 0 Å². The van der Waals surface area contributed by atoms with Crippen molar-refractivity contribution in [2.45, 2.75) is 373 Å². The van der Waals surface area contributed by atoms with Gasteiger partial charge in [-0.25, -0.2) is 0 Å². The molecule has 442 valence electrons. The molecule has 76 heavy (non-hydrogen) atoms. The monoisotopic (exact) mass is 1220 g/mol. The average Bonchev–Trinajstić information content (AvgIpc) is 4.03. The molecule has 2 heterocycles. The molecule has 3 rings (SSSR count). The second kappa shape index (κ2) is 52.8. The molecule has 0 saturated heterocycles. The van der Waals surface area contributed by atoms with Crippen LogP contribution in [0.2, 0.25) is 0 Å². The molecule has 6 heteroatoms. The number of thiophene rings is 2. The molecule has 0 aliphatic carbocycles. The second-order valence-electron chi connectivity index (χ2n) is 24.0. The molecule has 0 radical (unpaired) electrons. The van der Waals surface area contributed by atoms with Gasteiger partial charge in [0.1, 0.15) is 11.5 Å². The maximum atomic E-state index is 6.66. The highest BCUT2D eigenvalue weighted by molar-refractivity contribution is 9.11. The van der Waals surface area contributed by atoms with E-state index in [0.717, 1.165) is 45.1 Å². The maximum Gasteiger partial charge on any atom is 0.146 e. The number of rotatable bonds is 60. The summed E-state index contributed by atoms with van der Waals surface area (Å²) in [5.74, 6) is 2.09. The van der Waals surface area contributed by atoms with E-state index in [1.54, 1.807) is 22.7 Å². The fourth-order valence-electron chi connectivity index (χ4n) is 11.8. The van der Waals surface area contributed by atoms with Gasteiger partial charge < -0.3 is 9.47 Å². The Hall–Kier alpha value is -0.300. The van der Waals surface area contributed by atoms with E-state index in [4.69, 9.17) is 9.47 Å². The van der Waals surface area contributed by atoms with Crippen LogP contribution in [0.5, 0.6) is 11.5 Å². The number of unbranched alkanes of at least 4 members (excludes halogenated alkanes) is 54. The van der Waals surface area contributed by atoms with Crippen LogP contribution in [0.3, 0.4) is 0 Å². The van der Waals surface area contributed by atoms with E-state index in [1.807, 2.05) is 0 Å². The molecule has 0 spiro atoms. The van der Waals surface area contributed by atoms with Gasteiger partial charge in [-0.3, -0.25) is 0 Å². The molecule has 0 aliphatic rings. The van der Waals surface area contributed by atoms with Crippen LogP contribution in [-0.4, -0.2) is 13.2 Å². The predicted octanol–water partition coefficient (Wildman–Crippen LogP) is 28.3. The Morgan fingerprint density at radius 1 is 0.250 bits per heavy atom. The number of hydrogen-bond acceptors (Lipinski definition) is 4. The van der Waals surface area contributed by atoms with Crippen molar-refractivity contribution in [3.8, 4) is 11.5 Å². The standard InChI is InChI=1S/C70H124Br2O2S2/c1-3-5-7-9-11-13-15-17-19-21-23-25-27-29-31-33-35-37-39-41-43-45-47-49-51-53-55-57-59-73-67-63-61-65(71)76-70(63)68(64-62-66(72)75-69(64)67)74-60-58-56-54-52-50-48-46-44-42-40-38-36-34-32-30-28-26-24-22-20-18-16-14-12-10-8-6-4-2/h61-62H,3-60H2,1-2H3. The normalized spacial score (nSPS) is 11.8. The predicted molar refractivity (Wildman–Crippen MR) is 353 cm³/mol. The average molecular weight is 1220 g/mol. The van der Waals surface area contributed by atoms with E-state index in [1.165, 1.54) is 367 Å². The second-order valence-corrected chi connectivity index (χ2v) is 28.9. The van der Waals surface area contributed by atoms with Crippen LogP contribution in [0.4, 0.5) is 0 Å². The van der Waals surface area contributed by atoms with E-state index >= 15 is 0 Å². The summed E-state index contributed by atoms with van der Waals surface area (Å²) in [6, 6.07) is 4.50. The van der Waals surface area contributed by atoms with Gasteiger partial charge in [0.2, 0.25) is 0 Å². The van der Waals surface area contributed by atoms with Crippen molar-refractivity contribution < 1.29 is 9.47 Å². The van der Waals surface area contributed by atoms with Gasteiger partial charge in [-0.1, -0.05) is 361 Å². The molecule has 2 nitrogen and oxygen atoms in total. The van der Waals surface area contributed by atoms with Crippen molar-refractivity contribution >= 4 is 74.7 Å². The summed E-state index contributed by atoms with van der Waals surface area (Å²) in [4.78, 5) is 0. The summed E-state index contributed by atoms with van der Waals surface area (Å²) in [5, 5.41) is 2.40. The van der Waals surface area contributed by atoms with Crippen molar-refractivity contribution in [2.75, 3.05) is 13.2 Å². The van der Waals surface area contributed by atoms with Gasteiger partial charge in [-0.05, 0) is 56.8 Å². The number of halogens is 2. The van der Waals surface area contributed by atoms with E-state index in [-0.39, 0.29) is 0 Å². The summed E-state index contributed by atoms with van der Waals surface area (Å²) in [5.41, 5.74) is 0. The Labute approximate surface area is 498 Å². The minimum Gasteiger partial charge on any atom is -0.491 e. The third-order valence-corrected chi connectivity index (χ3v) is 20.1. The van der Waals surface area contributed by atoms with Crippen molar-refractivity contribution in [1.29, 1.82) is 0 Å². The van der Waals surface area contributed by atoms with Gasteiger partial charge in [-0.2, -0.15) is 0 Å². The first-order chi connectivity index (χ1) is 37.7. The van der Waals surface area contributed by atoms with Crippen LogP contribution < -0.4 is 9.47 Å². The van der Waals surface area contributed by atoms with E-state index < -0.39 is 0 Å². The highest BCUT2D eigenvalue weighted by Gasteiger charge is 2.21. The van der Waals surface area contributed by atoms with Crippen molar-refractivity contribution in [3.05, 3.63) is 19.7 Å². The molecule has 0 amide bonds. The molecule has 0 saturated carbocycles. The number of benzene rings is 1. The summed E-state index contributed by atoms with van der Waals surface area (Å²) >= 11 is 11.2. The lowest BCUT2D eigenvalue weighted by Gasteiger charge is -2.14. The zero-order valence-electron chi connectivity index (χ0n) is 50.6. The minimum atomic E-state index is 0.784. The molecule has 0 aliphatic heterocycles. The lowest BCUT2D eigenvalue weighted by molar-refractivity contribution is 0.307. The number of ether oxygens (including phenoxy) is 2. The Morgan fingerprint density at radius 3 is 0.579 bits per heavy atom. The lowest BCUT2D eigenvalue weighted by atomic mass is 10.0. The number of fused-ring (bicyclic) bond motifs is 2. The summed E-state index contributed by atoms with van der Waals surface area (Å²) in [6.45, 7) is 6.19. The van der Waals surface area contributed by atoms with E-state index in [9.17, 15) is 0 Å². The summed E-state index contributed by atoms with van der Waals surface area (Å²) in [7, 11) is 0. The molecule has 0 bridgehead atoms. The van der Waals surface area contributed by atoms with Crippen LogP contribution in [0.1, 0.15) is 373 Å². The minimum absolute atomic E-state index is 0.784. The van der Waals surface area contributed by atoms with Crippen LogP contribution >= 0.6 is 54.5 Å². The Morgan fingerprint density at radius 2 is 0.408 bits per heavy atom. The van der Waals surface area contributed by atoms with E-state index in [0.29, 0.717) is 0 Å². The molecular weight excluding hydrogens is 1100 g/mol. The van der Waals surface area contributed by atoms with Gasteiger partial charge in [-0.15, -0.1) is 22.7 Å². The van der Waals surface area contributed by atoms with Crippen molar-refractivity contribution in [1.82, 2.24) is 0 Å². The van der Waals surface area contributed by atoms with Crippen LogP contribution in [0.25, 0.3) is 20.2 Å². The van der Waals surface area contributed by atoms with Gasteiger partial charge in [0.25, 0.3) is 0 Å². The van der Waals surface area contributed by atoms with Gasteiger partial charge in [0, 0.05) is 10.8 Å². The highest BCUT2D eigenvalue weighted by Crippen LogP contribution is 2.51. The topological polar surface area (TPSA) is 18.5 Å². The third-order valence-electron chi connectivity index (χ3n) is 16.8. The largest absolute Gasteiger partial charge is 0.491 e. The molecular formula is C70H124Br2O2S2. The van der Waals surface area contributed by atoms with Crippen molar-refractivity contribution in [3.63, 3.8) is 0 Å². The Balaban J connectivity index is 1.08. The highest BCUT2D eigenvalue weighted by atomic mass is 79.9. The van der Waals surface area contributed by atoms with Crippen LogP contribution in [0, 0.1) is 0 Å². The first kappa shape index (κ1) is 70.0. The fraction of sp³-hybridized carbons (Fsp3) is 0.857. The first-order valence-corrected chi connectivity index (χ1v) is 37.5. The molecule has 0 unspecified atom stereocenters. The first-order valence-electron chi connectivity index (χ1n) is 34.2. The van der Waals surface area contributed by atoms with Crippen LogP contribution in [-0.2, 0) is 0 Å². The van der Waals surface area contributed by atoms with Crippen LogP contribution in [0.15, 0.2) is 19.7 Å². The quantitative estimate of drug-likeness (QED) is 0.0525. The molecule has 0 N–H and O–H groups in total. The smallest absolute Gasteiger partial charge is 0.146 e. The molecule has 0 fully saturated rings. The zero-order valence-corrected chi connectivity index (χ0v) is 55.4. The summed E-state index contributed by atoms with van der Waals surface area (Å²) in [6.07, 6.45) is 80.1. The summed E-state index contributed by atoms with van der Waals surface area (Å²) < 4.78 is 18.0. The van der Waals surface area contributed by atoms with Gasteiger partial charge in [0.15, 0.2) is 0 Å². The zero-order chi connectivity index (χ0) is 53.9. The Bertz CT molecular complexity index is 1510. The fourth-order valence-corrected chi connectivity index (χ4v) is 15.0. The van der Waals surface area contributed by atoms with E-state index in [2.05, 4.69) is 57.8 Å². The maximum absolute atomic E-state index is 6.66. The number of hydrogen-bond donors (Lipinski definition) is 0.